The van der Waals surface area contributed by atoms with Crippen LogP contribution in [0.5, 0.6) is 0 Å². The van der Waals surface area contributed by atoms with E-state index in [9.17, 15) is 9.59 Å². The molecule has 0 fully saturated rings. The third-order valence-electron chi connectivity index (χ3n) is 3.46. The molecular weight excluding hydrogens is 346 g/mol. The second-order valence-electron chi connectivity index (χ2n) is 5.77. The molecular formula is C18H17N7O2. The van der Waals surface area contributed by atoms with Gasteiger partial charge in [-0.3, -0.25) is 25.4 Å². The van der Waals surface area contributed by atoms with Gasteiger partial charge in [0.05, 0.1) is 6.20 Å². The zero-order valence-corrected chi connectivity index (χ0v) is 14.7. The van der Waals surface area contributed by atoms with E-state index in [1.807, 2.05) is 26.0 Å². The number of hydrogen-bond acceptors (Lipinski definition) is 6. The van der Waals surface area contributed by atoms with Crippen molar-refractivity contribution >= 4 is 18.0 Å². The summed E-state index contributed by atoms with van der Waals surface area (Å²) in [5.74, 6) is -0.541. The SMILES string of the molecule is Cc1cc(C)cc(-c2ncn(/C=C\C(=O)NNC(=O)c3cnccn3)n2)c1. The van der Waals surface area contributed by atoms with Gasteiger partial charge in [0.25, 0.3) is 11.8 Å². The molecule has 27 heavy (non-hydrogen) atoms. The van der Waals surface area contributed by atoms with Gasteiger partial charge in [0.1, 0.15) is 12.0 Å². The Balaban J connectivity index is 1.59. The second kappa shape index (κ2) is 8.00. The first-order chi connectivity index (χ1) is 13.0. The molecule has 0 unspecified atom stereocenters. The molecule has 0 bridgehead atoms. The Bertz CT molecular complexity index is 976. The molecule has 2 aromatic heterocycles. The van der Waals surface area contributed by atoms with Crippen molar-refractivity contribution in [2.45, 2.75) is 13.8 Å². The topological polar surface area (TPSA) is 115 Å². The average Bonchev–Trinajstić information content (AvgIpc) is 3.13. The Morgan fingerprint density at radius 3 is 2.52 bits per heavy atom. The van der Waals surface area contributed by atoms with Crippen LogP contribution in [0.4, 0.5) is 0 Å². The minimum atomic E-state index is -0.567. The summed E-state index contributed by atoms with van der Waals surface area (Å²) < 4.78 is 1.41. The molecule has 3 rings (SSSR count). The highest BCUT2D eigenvalue weighted by molar-refractivity contribution is 5.96. The molecule has 9 nitrogen and oxygen atoms in total. The molecule has 2 N–H and O–H groups in total. The first-order valence-corrected chi connectivity index (χ1v) is 8.05. The van der Waals surface area contributed by atoms with Crippen LogP contribution >= 0.6 is 0 Å². The van der Waals surface area contributed by atoms with Crippen LogP contribution in [0.2, 0.25) is 0 Å². The number of hydrazine groups is 1. The highest BCUT2D eigenvalue weighted by Crippen LogP contribution is 2.18. The van der Waals surface area contributed by atoms with E-state index >= 15 is 0 Å². The zero-order chi connectivity index (χ0) is 19.2. The first-order valence-electron chi connectivity index (χ1n) is 8.05. The standard InChI is InChI=1S/C18H17N7O2/c1-12-7-13(2)9-14(8-12)17-21-11-25(24-17)6-3-16(26)22-23-18(27)15-10-19-4-5-20-15/h3-11H,1-2H3,(H,22,26)(H,23,27)/b6-3-. The molecule has 136 valence electrons. The van der Waals surface area contributed by atoms with Gasteiger partial charge in [-0.25, -0.2) is 14.6 Å². The molecule has 1 aromatic carbocycles. The predicted molar refractivity (Wildman–Crippen MR) is 97.9 cm³/mol. The van der Waals surface area contributed by atoms with Crippen molar-refractivity contribution < 1.29 is 9.59 Å². The zero-order valence-electron chi connectivity index (χ0n) is 14.7. The predicted octanol–water partition coefficient (Wildman–Crippen LogP) is 1.28. The summed E-state index contributed by atoms with van der Waals surface area (Å²) in [6.45, 7) is 4.01. The van der Waals surface area contributed by atoms with Crippen LogP contribution in [0.3, 0.4) is 0 Å². The van der Waals surface area contributed by atoms with Gasteiger partial charge in [-0.05, 0) is 26.0 Å². The van der Waals surface area contributed by atoms with Crippen molar-refractivity contribution in [2.75, 3.05) is 0 Å². The normalized spacial score (nSPS) is 10.7. The van der Waals surface area contributed by atoms with Crippen LogP contribution in [0.15, 0.2) is 49.2 Å². The largest absolute Gasteiger partial charge is 0.289 e. The van der Waals surface area contributed by atoms with Gasteiger partial charge in [-0.1, -0.05) is 17.2 Å². The van der Waals surface area contributed by atoms with Crippen molar-refractivity contribution in [2.24, 2.45) is 0 Å². The highest BCUT2D eigenvalue weighted by atomic mass is 16.2. The van der Waals surface area contributed by atoms with Gasteiger partial charge in [-0.15, -0.1) is 5.10 Å². The fourth-order valence-corrected chi connectivity index (χ4v) is 2.37. The van der Waals surface area contributed by atoms with Gasteiger partial charge >= 0.3 is 0 Å². The second-order valence-corrected chi connectivity index (χ2v) is 5.77. The number of aromatic nitrogens is 5. The monoisotopic (exact) mass is 363 g/mol. The van der Waals surface area contributed by atoms with Gasteiger partial charge in [0.15, 0.2) is 5.82 Å². The lowest BCUT2D eigenvalue weighted by atomic mass is 10.1. The number of hydrogen-bond donors (Lipinski definition) is 2. The number of carbonyl (C=O) groups is 2. The molecule has 0 aliphatic carbocycles. The van der Waals surface area contributed by atoms with E-state index in [0.717, 1.165) is 16.7 Å². The Morgan fingerprint density at radius 2 is 1.81 bits per heavy atom. The van der Waals surface area contributed by atoms with Gasteiger partial charge < -0.3 is 0 Å². The third kappa shape index (κ3) is 4.82. The fraction of sp³-hybridized carbons (Fsp3) is 0.111. The van der Waals surface area contributed by atoms with E-state index in [1.54, 1.807) is 0 Å². The highest BCUT2D eigenvalue weighted by Gasteiger charge is 2.07. The molecule has 0 spiro atoms. The van der Waals surface area contributed by atoms with Crippen LogP contribution in [-0.4, -0.2) is 36.5 Å². The molecule has 2 amide bonds. The average molecular weight is 363 g/mol. The van der Waals surface area contributed by atoms with E-state index in [2.05, 4.69) is 37.0 Å². The lowest BCUT2D eigenvalue weighted by molar-refractivity contribution is -0.117. The fourth-order valence-electron chi connectivity index (χ4n) is 2.37. The maximum atomic E-state index is 11.8. The van der Waals surface area contributed by atoms with E-state index in [0.29, 0.717) is 5.82 Å². The van der Waals surface area contributed by atoms with E-state index in [-0.39, 0.29) is 5.69 Å². The number of rotatable bonds is 4. The van der Waals surface area contributed by atoms with E-state index in [1.165, 1.54) is 41.9 Å². The number of nitrogens with one attached hydrogen (secondary N) is 2. The summed E-state index contributed by atoms with van der Waals surface area (Å²) in [7, 11) is 0. The van der Waals surface area contributed by atoms with Gasteiger partial charge in [0.2, 0.25) is 0 Å². The maximum absolute atomic E-state index is 11.8. The first kappa shape index (κ1) is 17.9. The molecule has 9 heteroatoms. The number of nitrogens with zero attached hydrogens (tertiary/aromatic N) is 5. The number of carbonyl (C=O) groups excluding carboxylic acids is 2. The third-order valence-corrected chi connectivity index (χ3v) is 3.46. The quantitative estimate of drug-likeness (QED) is 0.533. The Hall–Kier alpha value is -3.88. The molecule has 0 saturated heterocycles. The molecule has 0 aliphatic rings. The number of amides is 2. The summed E-state index contributed by atoms with van der Waals surface area (Å²) in [5, 5.41) is 4.31. The lowest BCUT2D eigenvalue weighted by Crippen LogP contribution is -2.41. The number of benzene rings is 1. The van der Waals surface area contributed by atoms with Crippen molar-refractivity contribution in [1.29, 1.82) is 0 Å². The summed E-state index contributed by atoms with van der Waals surface area (Å²) in [6.07, 6.45) is 8.27. The van der Waals surface area contributed by atoms with E-state index in [4.69, 9.17) is 0 Å². The number of aryl methyl sites for hydroxylation is 2. The van der Waals surface area contributed by atoms with Gasteiger partial charge in [0, 0.05) is 30.2 Å². The summed E-state index contributed by atoms with van der Waals surface area (Å²) in [6, 6.07) is 6.05. The van der Waals surface area contributed by atoms with Crippen LogP contribution in [0, 0.1) is 13.8 Å². The molecule has 0 aliphatic heterocycles. The van der Waals surface area contributed by atoms with Crippen LogP contribution in [-0.2, 0) is 4.79 Å². The smallest absolute Gasteiger partial charge is 0.268 e. The van der Waals surface area contributed by atoms with Crippen molar-refractivity contribution in [3.8, 4) is 11.4 Å². The van der Waals surface area contributed by atoms with Crippen molar-refractivity contribution in [1.82, 2.24) is 35.6 Å². The van der Waals surface area contributed by atoms with Crippen LogP contribution < -0.4 is 10.9 Å². The Kier molecular flexibility index (Phi) is 5.31. The maximum Gasteiger partial charge on any atom is 0.289 e. The molecule has 3 aromatic rings. The minimum absolute atomic E-state index is 0.0937. The van der Waals surface area contributed by atoms with Gasteiger partial charge in [-0.2, -0.15) is 0 Å². The minimum Gasteiger partial charge on any atom is -0.268 e. The summed E-state index contributed by atoms with van der Waals surface area (Å²) >= 11 is 0. The lowest BCUT2D eigenvalue weighted by Gasteiger charge is -2.03. The summed E-state index contributed by atoms with van der Waals surface area (Å²) in [5.41, 5.74) is 7.73. The van der Waals surface area contributed by atoms with Crippen molar-refractivity contribution in [3.63, 3.8) is 0 Å². The summed E-state index contributed by atoms with van der Waals surface area (Å²) in [4.78, 5) is 35.4. The van der Waals surface area contributed by atoms with E-state index < -0.39 is 11.8 Å². The molecule has 0 saturated carbocycles. The molecule has 2 heterocycles. The molecule has 0 atom stereocenters. The van der Waals surface area contributed by atoms with Crippen LogP contribution in [0.25, 0.3) is 17.6 Å². The molecule has 0 radical (unpaired) electrons. The van der Waals surface area contributed by atoms with Crippen molar-refractivity contribution in [3.05, 3.63) is 66.0 Å². The van der Waals surface area contributed by atoms with Crippen LogP contribution in [0.1, 0.15) is 21.6 Å². The Labute approximate surface area is 155 Å². The Morgan fingerprint density at radius 1 is 1.04 bits per heavy atom.